The molecule has 0 aliphatic rings. The molecule has 98 valence electrons. The number of nitrogens with two attached hydrogens (primary N) is 1. The van der Waals surface area contributed by atoms with Crippen LogP contribution in [-0.2, 0) is 9.53 Å². The van der Waals surface area contributed by atoms with E-state index >= 15 is 0 Å². The van der Waals surface area contributed by atoms with Crippen LogP contribution in [0.25, 0.3) is 0 Å². The summed E-state index contributed by atoms with van der Waals surface area (Å²) in [4.78, 5) is 23.0. The first-order chi connectivity index (χ1) is 8.41. The topological polar surface area (TPSA) is 81.4 Å². The summed E-state index contributed by atoms with van der Waals surface area (Å²) in [6, 6.07) is 4.68. The van der Waals surface area contributed by atoms with Gasteiger partial charge in [0.15, 0.2) is 6.61 Å². The monoisotopic (exact) mass is 270 g/mol. The SMILES string of the molecule is CC(C)NC(=O)COC(=O)c1c(N)cccc1Cl. The van der Waals surface area contributed by atoms with E-state index in [1.807, 2.05) is 13.8 Å². The predicted molar refractivity (Wildman–Crippen MR) is 69.4 cm³/mol. The van der Waals surface area contributed by atoms with Gasteiger partial charge in [-0.3, -0.25) is 4.79 Å². The maximum Gasteiger partial charge on any atom is 0.342 e. The maximum atomic E-state index is 11.7. The number of hydrogen-bond donors (Lipinski definition) is 2. The molecule has 18 heavy (non-hydrogen) atoms. The summed E-state index contributed by atoms with van der Waals surface area (Å²) in [5.74, 6) is -1.08. The number of ether oxygens (including phenoxy) is 1. The van der Waals surface area contributed by atoms with Crippen LogP contribution in [-0.4, -0.2) is 24.5 Å². The summed E-state index contributed by atoms with van der Waals surface area (Å²) < 4.78 is 4.84. The van der Waals surface area contributed by atoms with Crippen molar-refractivity contribution in [3.63, 3.8) is 0 Å². The van der Waals surface area contributed by atoms with Crippen LogP contribution in [0.1, 0.15) is 24.2 Å². The average molecular weight is 271 g/mol. The Morgan fingerprint density at radius 2 is 2.11 bits per heavy atom. The zero-order valence-corrected chi connectivity index (χ0v) is 11.0. The van der Waals surface area contributed by atoms with E-state index in [9.17, 15) is 9.59 Å². The minimum atomic E-state index is -0.711. The van der Waals surface area contributed by atoms with Gasteiger partial charge in [-0.05, 0) is 26.0 Å². The normalized spacial score (nSPS) is 10.2. The molecule has 0 atom stereocenters. The summed E-state index contributed by atoms with van der Waals surface area (Å²) >= 11 is 5.84. The molecule has 0 radical (unpaired) electrons. The van der Waals surface area contributed by atoms with Gasteiger partial charge in [0.2, 0.25) is 0 Å². The van der Waals surface area contributed by atoms with Crippen molar-refractivity contribution in [1.82, 2.24) is 5.32 Å². The molecule has 5 nitrogen and oxygen atoms in total. The molecule has 0 fully saturated rings. The van der Waals surface area contributed by atoms with Gasteiger partial charge in [-0.25, -0.2) is 4.79 Å². The van der Waals surface area contributed by atoms with Gasteiger partial charge < -0.3 is 15.8 Å². The van der Waals surface area contributed by atoms with Gasteiger partial charge in [0.25, 0.3) is 5.91 Å². The molecule has 1 aromatic carbocycles. The van der Waals surface area contributed by atoms with Crippen molar-refractivity contribution in [1.29, 1.82) is 0 Å². The van der Waals surface area contributed by atoms with E-state index in [4.69, 9.17) is 22.1 Å². The van der Waals surface area contributed by atoms with E-state index in [0.717, 1.165) is 0 Å². The van der Waals surface area contributed by atoms with Crippen molar-refractivity contribution in [3.05, 3.63) is 28.8 Å². The number of anilines is 1. The number of carbonyl (C=O) groups is 2. The number of esters is 1. The van der Waals surface area contributed by atoms with Crippen molar-refractivity contribution in [3.8, 4) is 0 Å². The number of halogens is 1. The van der Waals surface area contributed by atoms with Gasteiger partial charge in [0.1, 0.15) is 5.56 Å². The third-order valence-electron chi connectivity index (χ3n) is 2.03. The van der Waals surface area contributed by atoms with Crippen molar-refractivity contribution >= 4 is 29.2 Å². The highest BCUT2D eigenvalue weighted by Crippen LogP contribution is 2.22. The van der Waals surface area contributed by atoms with E-state index in [1.54, 1.807) is 6.07 Å². The second kappa shape index (κ2) is 6.26. The molecule has 1 amide bonds. The van der Waals surface area contributed by atoms with Crippen LogP contribution >= 0.6 is 11.6 Å². The van der Waals surface area contributed by atoms with Crippen molar-refractivity contribution in [2.75, 3.05) is 12.3 Å². The van der Waals surface area contributed by atoms with Crippen LogP contribution in [0.2, 0.25) is 5.02 Å². The number of hydrogen-bond acceptors (Lipinski definition) is 4. The first-order valence-corrected chi connectivity index (χ1v) is 5.80. The average Bonchev–Trinajstić information content (AvgIpc) is 2.25. The molecule has 0 bridgehead atoms. The van der Waals surface area contributed by atoms with Crippen LogP contribution < -0.4 is 11.1 Å². The number of nitrogens with one attached hydrogen (secondary N) is 1. The number of nitrogen functional groups attached to an aromatic ring is 1. The molecular weight excluding hydrogens is 256 g/mol. The molecule has 0 saturated carbocycles. The van der Waals surface area contributed by atoms with Gasteiger partial charge in [0, 0.05) is 11.7 Å². The van der Waals surface area contributed by atoms with E-state index in [-0.39, 0.29) is 34.8 Å². The maximum absolute atomic E-state index is 11.7. The highest BCUT2D eigenvalue weighted by Gasteiger charge is 2.16. The fourth-order valence-corrected chi connectivity index (χ4v) is 1.58. The van der Waals surface area contributed by atoms with Gasteiger partial charge in [0.05, 0.1) is 5.02 Å². The number of benzene rings is 1. The molecule has 0 aromatic heterocycles. The molecule has 1 aromatic rings. The Hall–Kier alpha value is -1.75. The van der Waals surface area contributed by atoms with E-state index < -0.39 is 5.97 Å². The summed E-state index contributed by atoms with van der Waals surface area (Å²) in [7, 11) is 0. The van der Waals surface area contributed by atoms with Gasteiger partial charge in [-0.2, -0.15) is 0 Å². The first-order valence-electron chi connectivity index (χ1n) is 5.42. The van der Waals surface area contributed by atoms with Gasteiger partial charge in [-0.1, -0.05) is 17.7 Å². The minimum Gasteiger partial charge on any atom is -0.452 e. The molecule has 1 rings (SSSR count). The summed E-state index contributed by atoms with van der Waals surface area (Å²) in [5.41, 5.74) is 5.92. The molecular formula is C12H15ClN2O3. The zero-order valence-electron chi connectivity index (χ0n) is 10.2. The Labute approximate surface area is 110 Å². The standard InChI is InChI=1S/C12H15ClN2O3/c1-7(2)15-10(16)6-18-12(17)11-8(13)4-3-5-9(11)14/h3-5,7H,6,14H2,1-2H3,(H,15,16). The Morgan fingerprint density at radius 1 is 1.44 bits per heavy atom. The Morgan fingerprint density at radius 3 is 2.67 bits per heavy atom. The Balaban J connectivity index is 2.64. The van der Waals surface area contributed by atoms with E-state index in [2.05, 4.69) is 5.32 Å². The minimum absolute atomic E-state index is 0.0124. The van der Waals surface area contributed by atoms with E-state index in [1.165, 1.54) is 12.1 Å². The number of amides is 1. The second-order valence-electron chi connectivity index (χ2n) is 4.00. The Kier molecular flexibility index (Phi) is 4.97. The fraction of sp³-hybridized carbons (Fsp3) is 0.333. The van der Waals surface area contributed by atoms with E-state index in [0.29, 0.717) is 0 Å². The molecule has 0 heterocycles. The lowest BCUT2D eigenvalue weighted by molar-refractivity contribution is -0.124. The molecule has 0 saturated heterocycles. The number of carbonyl (C=O) groups excluding carboxylic acids is 2. The fourth-order valence-electron chi connectivity index (χ4n) is 1.32. The summed E-state index contributed by atoms with van der Waals surface area (Å²) in [6.45, 7) is 3.26. The Bertz CT molecular complexity index is 440. The smallest absolute Gasteiger partial charge is 0.342 e. The third kappa shape index (κ3) is 3.92. The molecule has 0 unspecified atom stereocenters. The lowest BCUT2D eigenvalue weighted by atomic mass is 10.2. The van der Waals surface area contributed by atoms with Crippen LogP contribution in [0, 0.1) is 0 Å². The van der Waals surface area contributed by atoms with Gasteiger partial charge in [-0.15, -0.1) is 0 Å². The molecule has 0 spiro atoms. The van der Waals surface area contributed by atoms with Gasteiger partial charge >= 0.3 is 5.97 Å². The third-order valence-corrected chi connectivity index (χ3v) is 2.35. The predicted octanol–water partition coefficient (Wildman–Crippen LogP) is 1.60. The summed E-state index contributed by atoms with van der Waals surface area (Å²) in [5, 5.41) is 2.80. The van der Waals surface area contributed by atoms with Crippen LogP contribution in [0.3, 0.4) is 0 Å². The lowest BCUT2D eigenvalue weighted by Gasteiger charge is -2.10. The molecule has 0 aliphatic carbocycles. The quantitative estimate of drug-likeness (QED) is 0.643. The van der Waals surface area contributed by atoms with Crippen LogP contribution in [0.5, 0.6) is 0 Å². The second-order valence-corrected chi connectivity index (χ2v) is 4.41. The van der Waals surface area contributed by atoms with Crippen molar-refractivity contribution in [2.24, 2.45) is 0 Å². The molecule has 6 heteroatoms. The van der Waals surface area contributed by atoms with Crippen molar-refractivity contribution < 1.29 is 14.3 Å². The highest BCUT2D eigenvalue weighted by atomic mass is 35.5. The molecule has 3 N–H and O–H groups in total. The lowest BCUT2D eigenvalue weighted by Crippen LogP contribution is -2.34. The first kappa shape index (κ1) is 14.3. The van der Waals surface area contributed by atoms with Crippen molar-refractivity contribution in [2.45, 2.75) is 19.9 Å². The van der Waals surface area contributed by atoms with Crippen LogP contribution in [0.15, 0.2) is 18.2 Å². The zero-order chi connectivity index (χ0) is 13.7. The largest absolute Gasteiger partial charge is 0.452 e. The number of rotatable bonds is 4. The highest BCUT2D eigenvalue weighted by molar-refractivity contribution is 6.34. The summed E-state index contributed by atoms with van der Waals surface area (Å²) in [6.07, 6.45) is 0. The van der Waals surface area contributed by atoms with Crippen LogP contribution in [0.4, 0.5) is 5.69 Å². The molecule has 0 aliphatic heterocycles.